The molecule has 1 aromatic rings. The van der Waals surface area contributed by atoms with Crippen LogP contribution in [0.3, 0.4) is 0 Å². The van der Waals surface area contributed by atoms with Crippen molar-refractivity contribution in [3.63, 3.8) is 0 Å². The summed E-state index contributed by atoms with van der Waals surface area (Å²) in [6.07, 6.45) is 1.67. The van der Waals surface area contributed by atoms with Gasteiger partial charge >= 0.3 is 0 Å². The first-order chi connectivity index (χ1) is 9.31. The van der Waals surface area contributed by atoms with Crippen molar-refractivity contribution in [1.29, 1.82) is 0 Å². The Morgan fingerprint density at radius 1 is 1.35 bits per heavy atom. The predicted molar refractivity (Wildman–Crippen MR) is 77.3 cm³/mol. The molecule has 0 aliphatic heterocycles. The van der Waals surface area contributed by atoms with Gasteiger partial charge in [-0.15, -0.1) is 0 Å². The molecule has 20 heavy (non-hydrogen) atoms. The molecule has 1 rings (SSSR count). The van der Waals surface area contributed by atoms with E-state index in [9.17, 15) is 18.5 Å². The normalized spacial score (nSPS) is 11.5. The number of hydrogen-bond donors (Lipinski definition) is 2. The van der Waals surface area contributed by atoms with Crippen LogP contribution in [-0.2, 0) is 16.6 Å². The fourth-order valence-corrected chi connectivity index (χ4v) is 2.33. The van der Waals surface area contributed by atoms with Crippen LogP contribution in [-0.4, -0.2) is 32.7 Å². The highest BCUT2D eigenvalue weighted by molar-refractivity contribution is 7.88. The smallest absolute Gasteiger partial charge is 0.275 e. The zero-order chi connectivity index (χ0) is 15.2. The molecule has 0 spiro atoms. The Morgan fingerprint density at radius 3 is 2.65 bits per heavy atom. The van der Waals surface area contributed by atoms with Gasteiger partial charge < -0.3 is 5.32 Å². The van der Waals surface area contributed by atoms with Crippen molar-refractivity contribution < 1.29 is 13.3 Å². The van der Waals surface area contributed by atoms with Gasteiger partial charge in [-0.25, -0.2) is 13.1 Å². The molecule has 9 heteroatoms. The molecule has 0 heterocycles. The van der Waals surface area contributed by atoms with Crippen molar-refractivity contribution in [2.75, 3.05) is 19.3 Å². The number of rotatable bonds is 8. The Hall–Kier alpha value is -1.22. The van der Waals surface area contributed by atoms with Crippen LogP contribution in [0.2, 0.25) is 5.02 Å². The third-order valence-electron chi connectivity index (χ3n) is 2.49. The molecule has 0 unspecified atom stereocenters. The standard InChI is InChI=1S/C11H16ClN3O4S/c1-20(18,19)14-7-3-6-13-8-9-10(12)4-2-5-11(9)15(16)17/h2,4-5,13-14H,3,6-8H2,1H3. The largest absolute Gasteiger partial charge is 0.312 e. The van der Waals surface area contributed by atoms with Crippen LogP contribution in [0.25, 0.3) is 0 Å². The number of sulfonamides is 1. The van der Waals surface area contributed by atoms with Gasteiger partial charge in [-0.3, -0.25) is 10.1 Å². The molecule has 0 fully saturated rings. The van der Waals surface area contributed by atoms with Crippen LogP contribution in [0.15, 0.2) is 18.2 Å². The highest BCUT2D eigenvalue weighted by Crippen LogP contribution is 2.25. The molecule has 0 aromatic heterocycles. The molecule has 0 aliphatic rings. The van der Waals surface area contributed by atoms with Crippen LogP contribution in [0.4, 0.5) is 5.69 Å². The zero-order valence-corrected chi connectivity index (χ0v) is 12.5. The van der Waals surface area contributed by atoms with Crippen LogP contribution in [0.1, 0.15) is 12.0 Å². The summed E-state index contributed by atoms with van der Waals surface area (Å²) in [6.45, 7) is 1.09. The summed E-state index contributed by atoms with van der Waals surface area (Å²) in [4.78, 5) is 10.4. The molecular weight excluding hydrogens is 306 g/mol. The fourth-order valence-electron chi connectivity index (χ4n) is 1.58. The summed E-state index contributed by atoms with van der Waals surface area (Å²) in [5, 5.41) is 14.2. The Balaban J connectivity index is 2.45. The minimum atomic E-state index is -3.18. The van der Waals surface area contributed by atoms with E-state index in [1.165, 1.54) is 12.1 Å². The number of nitrogens with zero attached hydrogens (tertiary/aromatic N) is 1. The molecule has 0 amide bonds. The van der Waals surface area contributed by atoms with Crippen LogP contribution < -0.4 is 10.0 Å². The van der Waals surface area contributed by atoms with E-state index in [0.29, 0.717) is 30.1 Å². The molecule has 0 aliphatic carbocycles. The van der Waals surface area contributed by atoms with Gasteiger partial charge in [-0.2, -0.15) is 0 Å². The topological polar surface area (TPSA) is 101 Å². The first-order valence-electron chi connectivity index (χ1n) is 5.88. The second-order valence-electron chi connectivity index (χ2n) is 4.19. The second-order valence-corrected chi connectivity index (χ2v) is 6.43. The molecule has 112 valence electrons. The van der Waals surface area contributed by atoms with Crippen molar-refractivity contribution in [1.82, 2.24) is 10.0 Å². The molecule has 0 saturated heterocycles. The third kappa shape index (κ3) is 5.83. The monoisotopic (exact) mass is 321 g/mol. The van der Waals surface area contributed by atoms with Crippen LogP contribution >= 0.6 is 11.6 Å². The van der Waals surface area contributed by atoms with Crippen molar-refractivity contribution in [2.24, 2.45) is 0 Å². The lowest BCUT2D eigenvalue weighted by atomic mass is 10.2. The molecule has 0 bridgehead atoms. The molecule has 0 radical (unpaired) electrons. The summed E-state index contributed by atoms with van der Waals surface area (Å²) in [7, 11) is -3.18. The molecule has 2 N–H and O–H groups in total. The minimum Gasteiger partial charge on any atom is -0.312 e. The quantitative estimate of drug-likeness (QED) is 0.426. The summed E-state index contributed by atoms with van der Waals surface area (Å²) >= 11 is 5.94. The van der Waals surface area contributed by atoms with E-state index in [4.69, 9.17) is 11.6 Å². The van der Waals surface area contributed by atoms with Crippen molar-refractivity contribution in [2.45, 2.75) is 13.0 Å². The fraction of sp³-hybridized carbons (Fsp3) is 0.455. The van der Waals surface area contributed by atoms with E-state index >= 15 is 0 Å². The summed E-state index contributed by atoms with van der Waals surface area (Å²) in [5.41, 5.74) is 0.398. The van der Waals surface area contributed by atoms with Crippen molar-refractivity contribution in [3.05, 3.63) is 38.9 Å². The SMILES string of the molecule is CS(=O)(=O)NCCCNCc1c(Cl)cccc1[N+](=O)[O-]. The van der Waals surface area contributed by atoms with E-state index in [1.807, 2.05) is 0 Å². The predicted octanol–water partition coefficient (Wildman–Crippen LogP) is 1.28. The molecule has 0 saturated carbocycles. The van der Waals surface area contributed by atoms with Gasteiger partial charge in [0.1, 0.15) is 0 Å². The van der Waals surface area contributed by atoms with Gasteiger partial charge in [0.25, 0.3) is 5.69 Å². The Morgan fingerprint density at radius 2 is 2.05 bits per heavy atom. The number of nitro benzene ring substituents is 1. The lowest BCUT2D eigenvalue weighted by molar-refractivity contribution is -0.385. The average Bonchev–Trinajstić information content (AvgIpc) is 2.33. The molecular formula is C11H16ClN3O4S. The number of hydrogen-bond acceptors (Lipinski definition) is 5. The van der Waals surface area contributed by atoms with Crippen LogP contribution in [0, 0.1) is 10.1 Å². The molecule has 1 aromatic carbocycles. The van der Waals surface area contributed by atoms with Gasteiger partial charge in [0, 0.05) is 19.2 Å². The van der Waals surface area contributed by atoms with Gasteiger partial charge in [0.15, 0.2) is 0 Å². The average molecular weight is 322 g/mol. The second kappa shape index (κ2) is 7.53. The maximum absolute atomic E-state index is 10.9. The highest BCUT2D eigenvalue weighted by Gasteiger charge is 2.15. The Kier molecular flexibility index (Phi) is 6.34. The lowest BCUT2D eigenvalue weighted by Crippen LogP contribution is -2.26. The highest BCUT2D eigenvalue weighted by atomic mass is 35.5. The van der Waals surface area contributed by atoms with E-state index in [0.717, 1.165) is 6.26 Å². The summed E-state index contributed by atoms with van der Waals surface area (Å²) < 4.78 is 24.0. The van der Waals surface area contributed by atoms with Crippen LogP contribution in [0.5, 0.6) is 0 Å². The first kappa shape index (κ1) is 16.8. The Bertz CT molecular complexity index is 577. The van der Waals surface area contributed by atoms with E-state index in [2.05, 4.69) is 10.0 Å². The van der Waals surface area contributed by atoms with Crippen molar-refractivity contribution in [3.8, 4) is 0 Å². The van der Waals surface area contributed by atoms with E-state index in [1.54, 1.807) is 6.07 Å². The number of benzene rings is 1. The number of nitro groups is 1. The van der Waals surface area contributed by atoms with E-state index < -0.39 is 14.9 Å². The molecule has 0 atom stereocenters. The summed E-state index contributed by atoms with van der Waals surface area (Å²) in [5.74, 6) is 0. The summed E-state index contributed by atoms with van der Waals surface area (Å²) in [6, 6.07) is 4.52. The maximum Gasteiger partial charge on any atom is 0.275 e. The van der Waals surface area contributed by atoms with Gasteiger partial charge in [-0.1, -0.05) is 17.7 Å². The lowest BCUT2D eigenvalue weighted by Gasteiger charge is -2.07. The molecule has 7 nitrogen and oxygen atoms in total. The van der Waals surface area contributed by atoms with E-state index in [-0.39, 0.29) is 12.2 Å². The minimum absolute atomic E-state index is 0.0285. The van der Waals surface area contributed by atoms with Gasteiger partial charge in [0.2, 0.25) is 10.0 Å². The third-order valence-corrected chi connectivity index (χ3v) is 3.57. The van der Waals surface area contributed by atoms with Crippen molar-refractivity contribution >= 4 is 27.3 Å². The first-order valence-corrected chi connectivity index (χ1v) is 8.15. The van der Waals surface area contributed by atoms with Gasteiger partial charge in [0.05, 0.1) is 21.8 Å². The zero-order valence-electron chi connectivity index (χ0n) is 10.9. The Labute approximate surface area is 122 Å². The number of halogens is 1. The maximum atomic E-state index is 10.9. The van der Waals surface area contributed by atoms with Gasteiger partial charge in [-0.05, 0) is 19.0 Å². The number of nitrogens with one attached hydrogen (secondary N) is 2.